The number of halogens is 1. The average Bonchev–Trinajstić information content (AvgIpc) is 2.17. The van der Waals surface area contributed by atoms with Crippen molar-refractivity contribution in [1.82, 2.24) is 9.97 Å². The Morgan fingerprint density at radius 3 is 2.86 bits per heavy atom. The predicted octanol–water partition coefficient (Wildman–Crippen LogP) is 1.89. The van der Waals surface area contributed by atoms with E-state index in [1.165, 1.54) is 6.07 Å². The van der Waals surface area contributed by atoms with Gasteiger partial charge in [0.05, 0.1) is 16.6 Å². The third-order valence-corrected chi connectivity index (χ3v) is 1.98. The first-order valence-corrected chi connectivity index (χ1v) is 4.10. The summed E-state index contributed by atoms with van der Waals surface area (Å²) in [7, 11) is 0. The molecule has 0 saturated heterocycles. The van der Waals surface area contributed by atoms with Gasteiger partial charge in [-0.2, -0.15) is 0 Å². The largest absolute Gasteiger partial charge is 0.294 e. The Kier molecular flexibility index (Phi) is 1.96. The summed E-state index contributed by atoms with van der Waals surface area (Å²) in [4.78, 5) is 18.2. The molecule has 0 radical (unpaired) electrons. The maximum Gasteiger partial charge on any atom is 0.193 e. The molecule has 1 aromatic carbocycles. The molecule has 0 spiro atoms. The molecule has 2 aromatic rings. The molecule has 3 nitrogen and oxygen atoms in total. The van der Waals surface area contributed by atoms with Crippen molar-refractivity contribution in [3.05, 3.63) is 35.5 Å². The van der Waals surface area contributed by atoms with E-state index >= 15 is 0 Å². The molecule has 0 N–H and O–H groups in total. The summed E-state index contributed by atoms with van der Waals surface area (Å²) in [5.41, 5.74) is 0.940. The van der Waals surface area contributed by atoms with Gasteiger partial charge < -0.3 is 0 Å². The number of benzene rings is 1. The lowest BCUT2D eigenvalue weighted by Gasteiger charge is -2.02. The summed E-state index contributed by atoms with van der Waals surface area (Å²) in [5, 5.41) is 0.373. The van der Waals surface area contributed by atoms with Crippen molar-refractivity contribution < 1.29 is 9.18 Å². The van der Waals surface area contributed by atoms with Gasteiger partial charge in [0.15, 0.2) is 12.1 Å². The summed E-state index contributed by atoms with van der Waals surface area (Å²) in [6, 6.07) is 4.55. The van der Waals surface area contributed by atoms with Gasteiger partial charge in [-0.05, 0) is 19.1 Å². The summed E-state index contributed by atoms with van der Waals surface area (Å²) >= 11 is 0. The first kappa shape index (κ1) is 8.74. The van der Waals surface area contributed by atoms with E-state index in [0.717, 1.165) is 0 Å². The van der Waals surface area contributed by atoms with E-state index in [9.17, 15) is 9.18 Å². The van der Waals surface area contributed by atoms with Gasteiger partial charge in [0.2, 0.25) is 0 Å². The Labute approximate surface area is 79.6 Å². The number of aldehydes is 1. The number of aromatic nitrogens is 2. The molecule has 0 atom stereocenters. The second-order valence-electron chi connectivity index (χ2n) is 2.92. The molecule has 1 aromatic heterocycles. The third-order valence-electron chi connectivity index (χ3n) is 1.98. The minimum Gasteiger partial charge on any atom is -0.294 e. The fourth-order valence-corrected chi connectivity index (χ4v) is 1.39. The minimum absolute atomic E-state index is 0.0839. The quantitative estimate of drug-likeness (QED) is 0.645. The highest BCUT2D eigenvalue weighted by Crippen LogP contribution is 2.18. The van der Waals surface area contributed by atoms with Crippen molar-refractivity contribution in [2.45, 2.75) is 6.92 Å². The normalized spacial score (nSPS) is 10.4. The van der Waals surface area contributed by atoms with E-state index in [1.54, 1.807) is 19.1 Å². The van der Waals surface area contributed by atoms with Crippen LogP contribution in [0.25, 0.3) is 10.9 Å². The molecule has 0 amide bonds. The Morgan fingerprint density at radius 2 is 2.14 bits per heavy atom. The number of rotatable bonds is 1. The lowest BCUT2D eigenvalue weighted by molar-refractivity contribution is 0.111. The van der Waals surface area contributed by atoms with Gasteiger partial charge in [-0.3, -0.25) is 4.79 Å². The third kappa shape index (κ3) is 1.25. The smallest absolute Gasteiger partial charge is 0.193 e. The summed E-state index contributed by atoms with van der Waals surface area (Å²) in [6.45, 7) is 1.65. The van der Waals surface area contributed by atoms with Crippen molar-refractivity contribution in [3.8, 4) is 0 Å². The van der Waals surface area contributed by atoms with Gasteiger partial charge in [-0.1, -0.05) is 6.07 Å². The number of hydrogen-bond acceptors (Lipinski definition) is 3. The zero-order valence-corrected chi connectivity index (χ0v) is 7.49. The Bertz CT molecular complexity index is 511. The van der Waals surface area contributed by atoms with Crippen molar-refractivity contribution in [3.63, 3.8) is 0 Å². The molecule has 0 unspecified atom stereocenters. The van der Waals surface area contributed by atoms with Crippen LogP contribution in [0.2, 0.25) is 0 Å². The van der Waals surface area contributed by atoms with Gasteiger partial charge in [-0.25, -0.2) is 14.4 Å². The Morgan fingerprint density at radius 1 is 1.36 bits per heavy atom. The van der Waals surface area contributed by atoms with Gasteiger partial charge in [0.1, 0.15) is 5.82 Å². The molecule has 0 aliphatic carbocycles. The predicted molar refractivity (Wildman–Crippen MR) is 49.6 cm³/mol. The van der Waals surface area contributed by atoms with Crippen LogP contribution in [-0.2, 0) is 0 Å². The summed E-state index contributed by atoms with van der Waals surface area (Å²) in [5.74, 6) is -0.280. The zero-order valence-electron chi connectivity index (χ0n) is 7.49. The number of aryl methyl sites for hydroxylation is 1. The first-order chi connectivity index (χ1) is 6.72. The highest BCUT2D eigenvalue weighted by Gasteiger charge is 2.07. The molecule has 14 heavy (non-hydrogen) atoms. The molecule has 2 rings (SSSR count). The number of carbonyl (C=O) groups excluding carboxylic acids is 1. The van der Waals surface area contributed by atoms with Crippen LogP contribution in [0.1, 0.15) is 16.3 Å². The molecule has 0 fully saturated rings. The Balaban J connectivity index is 2.89. The zero-order chi connectivity index (χ0) is 10.1. The molecule has 4 heteroatoms. The summed E-state index contributed by atoms with van der Waals surface area (Å²) < 4.78 is 13.3. The minimum atomic E-state index is -0.363. The highest BCUT2D eigenvalue weighted by atomic mass is 19.1. The molecular formula is C10H7FN2O. The lowest BCUT2D eigenvalue weighted by Crippen LogP contribution is -1.98. The molecule has 0 bridgehead atoms. The number of carbonyl (C=O) groups is 1. The fourth-order valence-electron chi connectivity index (χ4n) is 1.39. The maximum atomic E-state index is 13.3. The molecule has 1 heterocycles. The van der Waals surface area contributed by atoms with Crippen LogP contribution in [0.15, 0.2) is 18.2 Å². The molecule has 0 saturated carbocycles. The van der Waals surface area contributed by atoms with E-state index in [2.05, 4.69) is 9.97 Å². The number of nitrogens with zero attached hydrogens (tertiary/aromatic N) is 2. The van der Waals surface area contributed by atoms with Gasteiger partial charge in [0, 0.05) is 0 Å². The van der Waals surface area contributed by atoms with Crippen LogP contribution < -0.4 is 0 Å². The fraction of sp³-hybridized carbons (Fsp3) is 0.100. The lowest BCUT2D eigenvalue weighted by atomic mass is 10.2. The van der Waals surface area contributed by atoms with Crippen molar-refractivity contribution in [2.75, 3.05) is 0 Å². The number of fused-ring (bicyclic) bond motifs is 1. The van der Waals surface area contributed by atoms with Crippen molar-refractivity contribution in [2.24, 2.45) is 0 Å². The van der Waals surface area contributed by atoms with Crippen LogP contribution in [0.5, 0.6) is 0 Å². The molecular weight excluding hydrogens is 183 g/mol. The van der Waals surface area contributed by atoms with E-state index in [1.807, 2.05) is 0 Å². The van der Waals surface area contributed by atoms with E-state index in [0.29, 0.717) is 22.9 Å². The van der Waals surface area contributed by atoms with Gasteiger partial charge in [0.25, 0.3) is 0 Å². The SMILES string of the molecule is Cc1nc(C=O)nc2cccc(F)c12. The van der Waals surface area contributed by atoms with Gasteiger partial charge >= 0.3 is 0 Å². The van der Waals surface area contributed by atoms with E-state index < -0.39 is 0 Å². The van der Waals surface area contributed by atoms with Crippen LogP contribution >= 0.6 is 0 Å². The monoisotopic (exact) mass is 190 g/mol. The van der Waals surface area contributed by atoms with Gasteiger partial charge in [-0.15, -0.1) is 0 Å². The molecule has 0 aliphatic rings. The molecule has 70 valence electrons. The van der Waals surface area contributed by atoms with Crippen molar-refractivity contribution >= 4 is 17.2 Å². The van der Waals surface area contributed by atoms with Crippen LogP contribution in [0.3, 0.4) is 0 Å². The second kappa shape index (κ2) is 3.14. The Hall–Kier alpha value is -1.84. The summed E-state index contributed by atoms with van der Waals surface area (Å²) in [6.07, 6.45) is 0.553. The standard InChI is InChI=1S/C10H7FN2O/c1-6-10-7(11)3-2-4-8(10)13-9(5-14)12-6/h2-5H,1H3. The number of hydrogen-bond donors (Lipinski definition) is 0. The highest BCUT2D eigenvalue weighted by molar-refractivity contribution is 5.84. The van der Waals surface area contributed by atoms with Crippen LogP contribution in [0.4, 0.5) is 4.39 Å². The maximum absolute atomic E-state index is 13.3. The van der Waals surface area contributed by atoms with E-state index in [4.69, 9.17) is 0 Å². The van der Waals surface area contributed by atoms with E-state index in [-0.39, 0.29) is 11.6 Å². The van der Waals surface area contributed by atoms with Crippen molar-refractivity contribution in [1.29, 1.82) is 0 Å². The van der Waals surface area contributed by atoms with Crippen LogP contribution in [0, 0.1) is 12.7 Å². The average molecular weight is 190 g/mol. The second-order valence-corrected chi connectivity index (χ2v) is 2.92. The topological polar surface area (TPSA) is 42.9 Å². The first-order valence-electron chi connectivity index (χ1n) is 4.10. The van der Waals surface area contributed by atoms with Crippen LogP contribution in [-0.4, -0.2) is 16.3 Å². The molecule has 0 aliphatic heterocycles.